The van der Waals surface area contributed by atoms with Gasteiger partial charge in [0.15, 0.2) is 6.10 Å². The normalized spacial score (nSPS) is 13.2. The van der Waals surface area contributed by atoms with Crippen molar-refractivity contribution in [3.8, 4) is 5.75 Å². The van der Waals surface area contributed by atoms with E-state index in [9.17, 15) is 4.79 Å². The summed E-state index contributed by atoms with van der Waals surface area (Å²) in [5, 5.41) is 5.25. The van der Waals surface area contributed by atoms with Crippen molar-refractivity contribution in [3.05, 3.63) is 77.4 Å². The lowest BCUT2D eigenvalue weighted by molar-refractivity contribution is -0.128. The summed E-state index contributed by atoms with van der Waals surface area (Å²) in [7, 11) is 0. The molecule has 3 nitrogen and oxygen atoms in total. The molecule has 0 radical (unpaired) electrons. The fourth-order valence-electron chi connectivity index (χ4n) is 3.23. The van der Waals surface area contributed by atoms with Crippen molar-refractivity contribution in [2.45, 2.75) is 46.3 Å². The number of carbonyl (C=O) groups is 1. The molecule has 0 aliphatic heterocycles. The van der Waals surface area contributed by atoms with E-state index in [4.69, 9.17) is 4.74 Å². The molecule has 1 N–H and O–H groups in total. The highest BCUT2D eigenvalue weighted by atomic mass is 16.5. The van der Waals surface area contributed by atoms with Crippen LogP contribution in [0.4, 0.5) is 0 Å². The van der Waals surface area contributed by atoms with Crippen LogP contribution in [0.3, 0.4) is 0 Å². The minimum absolute atomic E-state index is 0.0182. The van der Waals surface area contributed by atoms with Gasteiger partial charge in [-0.15, -0.1) is 0 Å². The second kappa shape index (κ2) is 8.26. The summed E-state index contributed by atoms with van der Waals surface area (Å²) >= 11 is 0. The number of carbonyl (C=O) groups excluding carboxylic acids is 1. The monoisotopic (exact) mass is 361 g/mol. The minimum atomic E-state index is -0.573. The fourth-order valence-corrected chi connectivity index (χ4v) is 3.23. The molecular formula is C24H27NO2. The summed E-state index contributed by atoms with van der Waals surface area (Å²) in [5.74, 6) is 0.628. The zero-order valence-corrected chi connectivity index (χ0v) is 16.5. The van der Waals surface area contributed by atoms with Crippen LogP contribution in [-0.4, -0.2) is 12.0 Å². The van der Waals surface area contributed by atoms with Crippen LogP contribution in [0.1, 0.15) is 43.0 Å². The lowest BCUT2D eigenvalue weighted by atomic mass is 9.99. The van der Waals surface area contributed by atoms with Gasteiger partial charge in [0.2, 0.25) is 0 Å². The number of aryl methyl sites for hydroxylation is 2. The van der Waals surface area contributed by atoms with Gasteiger partial charge in [-0.2, -0.15) is 0 Å². The molecule has 0 aliphatic carbocycles. The van der Waals surface area contributed by atoms with Gasteiger partial charge in [0.1, 0.15) is 5.75 Å². The third kappa shape index (κ3) is 4.30. The van der Waals surface area contributed by atoms with Gasteiger partial charge in [-0.05, 0) is 55.3 Å². The molecule has 0 bridgehead atoms. The quantitative estimate of drug-likeness (QED) is 0.630. The van der Waals surface area contributed by atoms with E-state index in [1.54, 1.807) is 6.92 Å². The number of amides is 1. The maximum absolute atomic E-state index is 12.7. The zero-order chi connectivity index (χ0) is 19.4. The Bertz CT molecular complexity index is 943. The highest BCUT2D eigenvalue weighted by Gasteiger charge is 2.20. The molecule has 3 rings (SSSR count). The lowest BCUT2D eigenvalue weighted by Gasteiger charge is -2.22. The topological polar surface area (TPSA) is 38.3 Å². The van der Waals surface area contributed by atoms with Crippen LogP contribution < -0.4 is 10.1 Å². The summed E-state index contributed by atoms with van der Waals surface area (Å²) in [5.41, 5.74) is 3.62. The van der Waals surface area contributed by atoms with Crippen molar-refractivity contribution in [1.29, 1.82) is 0 Å². The number of rotatable bonds is 6. The Morgan fingerprint density at radius 3 is 2.48 bits per heavy atom. The third-order valence-electron chi connectivity index (χ3n) is 5.08. The van der Waals surface area contributed by atoms with E-state index in [0.29, 0.717) is 0 Å². The summed E-state index contributed by atoms with van der Waals surface area (Å²) in [6.07, 6.45) is 0.256. The van der Waals surface area contributed by atoms with E-state index in [1.807, 2.05) is 42.5 Å². The van der Waals surface area contributed by atoms with Gasteiger partial charge in [0.25, 0.3) is 5.91 Å². The second-order valence-corrected chi connectivity index (χ2v) is 7.05. The molecule has 0 heterocycles. The van der Waals surface area contributed by atoms with Gasteiger partial charge in [0.05, 0.1) is 6.04 Å². The molecule has 27 heavy (non-hydrogen) atoms. The summed E-state index contributed by atoms with van der Waals surface area (Å²) < 4.78 is 6.00. The smallest absolute Gasteiger partial charge is 0.261 e. The van der Waals surface area contributed by atoms with Gasteiger partial charge in [-0.1, -0.05) is 61.5 Å². The van der Waals surface area contributed by atoms with Crippen LogP contribution in [0.2, 0.25) is 0 Å². The van der Waals surface area contributed by atoms with Crippen molar-refractivity contribution < 1.29 is 9.53 Å². The SMILES string of the molecule is CC[C@H](NC(=O)[C@H](C)Oc1cccc2ccccc12)c1ccc(C)c(C)c1. The van der Waals surface area contributed by atoms with Gasteiger partial charge < -0.3 is 10.1 Å². The summed E-state index contributed by atoms with van der Waals surface area (Å²) in [6, 6.07) is 20.3. The Hall–Kier alpha value is -2.81. The molecule has 0 aromatic heterocycles. The summed E-state index contributed by atoms with van der Waals surface area (Å²) in [4.78, 5) is 12.7. The molecular weight excluding hydrogens is 334 g/mol. The predicted molar refractivity (Wildman–Crippen MR) is 111 cm³/mol. The number of nitrogens with one attached hydrogen (secondary N) is 1. The van der Waals surface area contributed by atoms with Gasteiger partial charge in [-0.25, -0.2) is 0 Å². The van der Waals surface area contributed by atoms with Gasteiger partial charge in [-0.3, -0.25) is 4.79 Å². The number of fused-ring (bicyclic) bond motifs is 1. The first-order valence-corrected chi connectivity index (χ1v) is 9.51. The third-order valence-corrected chi connectivity index (χ3v) is 5.08. The van der Waals surface area contributed by atoms with E-state index >= 15 is 0 Å². The summed E-state index contributed by atoms with van der Waals surface area (Å²) in [6.45, 7) is 8.07. The Morgan fingerprint density at radius 1 is 1.00 bits per heavy atom. The minimum Gasteiger partial charge on any atom is -0.480 e. The maximum Gasteiger partial charge on any atom is 0.261 e. The average Bonchev–Trinajstić information content (AvgIpc) is 2.68. The van der Waals surface area contributed by atoms with Crippen LogP contribution in [0, 0.1) is 13.8 Å². The van der Waals surface area contributed by atoms with Crippen LogP contribution in [-0.2, 0) is 4.79 Å². The van der Waals surface area contributed by atoms with Gasteiger partial charge >= 0.3 is 0 Å². The first kappa shape index (κ1) is 19.0. The molecule has 0 aliphatic rings. The second-order valence-electron chi connectivity index (χ2n) is 7.05. The molecule has 3 heteroatoms. The number of hydrogen-bond acceptors (Lipinski definition) is 2. The standard InChI is InChI=1S/C24H27NO2/c1-5-22(20-14-13-16(2)17(3)15-20)25-24(26)18(4)27-23-12-8-10-19-9-6-7-11-21(19)23/h6-15,18,22H,5H2,1-4H3,(H,25,26)/t18-,22-/m0/s1. The van der Waals surface area contributed by atoms with E-state index in [1.165, 1.54) is 11.1 Å². The van der Waals surface area contributed by atoms with Crippen LogP contribution >= 0.6 is 0 Å². The van der Waals surface area contributed by atoms with Crippen molar-refractivity contribution in [2.24, 2.45) is 0 Å². The molecule has 0 unspecified atom stereocenters. The van der Waals surface area contributed by atoms with Crippen molar-refractivity contribution in [2.75, 3.05) is 0 Å². The number of benzene rings is 3. The Balaban J connectivity index is 1.73. The molecule has 0 fully saturated rings. The molecule has 0 saturated carbocycles. The van der Waals surface area contributed by atoms with Crippen LogP contribution in [0.5, 0.6) is 5.75 Å². The zero-order valence-electron chi connectivity index (χ0n) is 16.5. The molecule has 140 valence electrons. The number of hydrogen-bond donors (Lipinski definition) is 1. The Labute approximate surface area is 161 Å². The van der Waals surface area contributed by atoms with Crippen LogP contribution in [0.15, 0.2) is 60.7 Å². The van der Waals surface area contributed by atoms with Crippen LogP contribution in [0.25, 0.3) is 10.8 Å². The molecule has 2 atom stereocenters. The largest absolute Gasteiger partial charge is 0.480 e. The fraction of sp³-hybridized carbons (Fsp3) is 0.292. The van der Waals surface area contributed by atoms with Crippen molar-refractivity contribution in [3.63, 3.8) is 0 Å². The van der Waals surface area contributed by atoms with E-state index in [-0.39, 0.29) is 11.9 Å². The first-order chi connectivity index (χ1) is 13.0. The van der Waals surface area contributed by atoms with Gasteiger partial charge in [0, 0.05) is 5.39 Å². The molecule has 1 amide bonds. The maximum atomic E-state index is 12.7. The van der Waals surface area contributed by atoms with E-state index in [2.05, 4.69) is 44.3 Å². The lowest BCUT2D eigenvalue weighted by Crippen LogP contribution is -2.38. The first-order valence-electron chi connectivity index (χ1n) is 9.51. The van der Waals surface area contributed by atoms with Crippen molar-refractivity contribution >= 4 is 16.7 Å². The number of ether oxygens (including phenoxy) is 1. The Morgan fingerprint density at radius 2 is 1.74 bits per heavy atom. The Kier molecular flexibility index (Phi) is 5.80. The van der Waals surface area contributed by atoms with E-state index < -0.39 is 6.10 Å². The van der Waals surface area contributed by atoms with E-state index in [0.717, 1.165) is 28.5 Å². The molecule has 3 aromatic rings. The predicted octanol–water partition coefficient (Wildman–Crippen LogP) is 5.49. The molecule has 3 aromatic carbocycles. The molecule has 0 saturated heterocycles. The van der Waals surface area contributed by atoms with Crippen molar-refractivity contribution in [1.82, 2.24) is 5.32 Å². The highest BCUT2D eigenvalue weighted by Crippen LogP contribution is 2.26. The average molecular weight is 361 g/mol. The molecule has 0 spiro atoms. The highest BCUT2D eigenvalue weighted by molar-refractivity contribution is 5.89.